The SMILES string of the molecule is C=C(C)N(Cc1ccc(CC[C@H]2CCCN2c2ncnc(N)c2NC)c2ccccc12)CC(CC)CO. The van der Waals surface area contributed by atoms with E-state index in [9.17, 15) is 5.11 Å². The summed E-state index contributed by atoms with van der Waals surface area (Å²) in [6.07, 6.45) is 6.88. The van der Waals surface area contributed by atoms with Crippen molar-refractivity contribution in [3.05, 3.63) is 66.1 Å². The van der Waals surface area contributed by atoms with Crippen LogP contribution in [0.5, 0.6) is 0 Å². The number of allylic oxidation sites excluding steroid dienone is 1. The van der Waals surface area contributed by atoms with Crippen LogP contribution in [0.2, 0.25) is 0 Å². The molecule has 3 aromatic rings. The molecule has 2 atom stereocenters. The van der Waals surface area contributed by atoms with E-state index < -0.39 is 0 Å². The number of benzene rings is 2. The first-order valence-corrected chi connectivity index (χ1v) is 13.5. The first kappa shape index (κ1) is 26.7. The van der Waals surface area contributed by atoms with Crippen LogP contribution < -0.4 is 16.0 Å². The first-order valence-electron chi connectivity index (χ1n) is 13.5. The highest BCUT2D eigenvalue weighted by molar-refractivity contribution is 5.88. The molecule has 1 aromatic heterocycles. The molecule has 2 aromatic carbocycles. The van der Waals surface area contributed by atoms with Gasteiger partial charge in [0.1, 0.15) is 12.0 Å². The topological polar surface area (TPSA) is 90.5 Å². The first-order chi connectivity index (χ1) is 18.0. The number of hydrogen-bond donors (Lipinski definition) is 3. The Labute approximate surface area is 221 Å². The molecule has 7 nitrogen and oxygen atoms in total. The van der Waals surface area contributed by atoms with Crippen LogP contribution in [0.1, 0.15) is 50.7 Å². The van der Waals surface area contributed by atoms with Crippen molar-refractivity contribution < 1.29 is 5.11 Å². The van der Waals surface area contributed by atoms with Gasteiger partial charge >= 0.3 is 0 Å². The fourth-order valence-corrected chi connectivity index (χ4v) is 5.55. The van der Waals surface area contributed by atoms with E-state index in [2.05, 4.69) is 81.9 Å². The quantitative estimate of drug-likeness (QED) is 0.313. The molecule has 7 heteroatoms. The van der Waals surface area contributed by atoms with Crippen molar-refractivity contribution in [3.8, 4) is 0 Å². The van der Waals surface area contributed by atoms with Gasteiger partial charge in [0.25, 0.3) is 0 Å². The molecule has 0 radical (unpaired) electrons. The Morgan fingerprint density at radius 1 is 1.22 bits per heavy atom. The zero-order valence-corrected chi connectivity index (χ0v) is 22.6. The van der Waals surface area contributed by atoms with Gasteiger partial charge in [-0.2, -0.15) is 0 Å². The lowest BCUT2D eigenvalue weighted by molar-refractivity contribution is 0.177. The summed E-state index contributed by atoms with van der Waals surface area (Å²) in [4.78, 5) is 13.4. The molecule has 198 valence electrons. The Balaban J connectivity index is 1.54. The smallest absolute Gasteiger partial charge is 0.157 e. The van der Waals surface area contributed by atoms with E-state index in [0.29, 0.717) is 11.9 Å². The summed E-state index contributed by atoms with van der Waals surface area (Å²) in [6, 6.07) is 13.7. The third-order valence-corrected chi connectivity index (χ3v) is 7.82. The Morgan fingerprint density at radius 3 is 2.62 bits per heavy atom. The number of aromatic nitrogens is 2. The Kier molecular flexibility index (Phi) is 8.87. The van der Waals surface area contributed by atoms with Gasteiger partial charge in [-0.15, -0.1) is 0 Å². The lowest BCUT2D eigenvalue weighted by atomic mass is 9.94. The average Bonchev–Trinajstić information content (AvgIpc) is 3.38. The summed E-state index contributed by atoms with van der Waals surface area (Å²) in [5.74, 6) is 1.66. The van der Waals surface area contributed by atoms with Crippen molar-refractivity contribution in [2.24, 2.45) is 5.92 Å². The molecule has 1 saturated heterocycles. The van der Waals surface area contributed by atoms with Crippen LogP contribution in [0.4, 0.5) is 17.3 Å². The van der Waals surface area contributed by atoms with E-state index >= 15 is 0 Å². The van der Waals surface area contributed by atoms with Crippen LogP contribution in [0.25, 0.3) is 10.8 Å². The average molecular weight is 503 g/mol. The standard InChI is InChI=1S/C30H42N6O/c1-5-22(19-37)17-35(21(2)3)18-24-13-12-23(26-10-6-7-11-27(24)26)14-15-25-9-8-16-36(25)30-28(32-4)29(31)33-20-34-30/h6-7,10-13,20,22,25,32,37H,2,5,8-9,14-19H2,1,3-4H3,(H2,31,33,34)/t22?,25-/m1/s1. The number of aliphatic hydroxyl groups is 1. The molecule has 0 aliphatic carbocycles. The highest BCUT2D eigenvalue weighted by Crippen LogP contribution is 2.35. The summed E-state index contributed by atoms with van der Waals surface area (Å²) >= 11 is 0. The molecule has 0 spiro atoms. The Hall–Kier alpha value is -3.32. The molecule has 0 saturated carbocycles. The second kappa shape index (κ2) is 12.3. The van der Waals surface area contributed by atoms with Crippen molar-refractivity contribution >= 4 is 28.1 Å². The molecular weight excluding hydrogens is 460 g/mol. The van der Waals surface area contributed by atoms with Crippen LogP contribution >= 0.6 is 0 Å². The number of anilines is 3. The maximum Gasteiger partial charge on any atom is 0.157 e. The van der Waals surface area contributed by atoms with Crippen LogP contribution in [-0.4, -0.2) is 52.8 Å². The lowest BCUT2D eigenvalue weighted by Gasteiger charge is -2.29. The largest absolute Gasteiger partial charge is 0.396 e. The number of hydrogen-bond acceptors (Lipinski definition) is 7. The number of nitrogens with one attached hydrogen (secondary N) is 1. The molecule has 0 bridgehead atoms. The zero-order chi connectivity index (χ0) is 26.4. The van der Waals surface area contributed by atoms with Crippen molar-refractivity contribution in [1.82, 2.24) is 14.9 Å². The summed E-state index contributed by atoms with van der Waals surface area (Å²) in [5, 5.41) is 15.6. The van der Waals surface area contributed by atoms with E-state index in [-0.39, 0.29) is 12.5 Å². The van der Waals surface area contributed by atoms with Gasteiger partial charge in [-0.25, -0.2) is 9.97 Å². The van der Waals surface area contributed by atoms with Gasteiger partial charge in [0.2, 0.25) is 0 Å². The summed E-state index contributed by atoms with van der Waals surface area (Å²) < 4.78 is 0. The second-order valence-electron chi connectivity index (χ2n) is 10.2. The van der Waals surface area contributed by atoms with E-state index in [4.69, 9.17) is 5.73 Å². The minimum Gasteiger partial charge on any atom is -0.396 e. The number of nitrogens with zero attached hydrogens (tertiary/aromatic N) is 4. The Morgan fingerprint density at radius 2 is 1.95 bits per heavy atom. The highest BCUT2D eigenvalue weighted by atomic mass is 16.3. The predicted octanol–water partition coefficient (Wildman–Crippen LogP) is 5.21. The van der Waals surface area contributed by atoms with E-state index in [1.807, 2.05) is 7.05 Å². The molecule has 1 aliphatic rings. The van der Waals surface area contributed by atoms with Gasteiger partial charge in [-0.1, -0.05) is 49.9 Å². The maximum absolute atomic E-state index is 9.74. The van der Waals surface area contributed by atoms with Crippen LogP contribution in [0, 0.1) is 5.92 Å². The van der Waals surface area contributed by atoms with Gasteiger partial charge in [0.15, 0.2) is 11.6 Å². The number of rotatable bonds is 12. The molecule has 1 unspecified atom stereocenters. The second-order valence-corrected chi connectivity index (χ2v) is 10.2. The van der Waals surface area contributed by atoms with E-state index in [1.54, 1.807) is 6.33 Å². The summed E-state index contributed by atoms with van der Waals surface area (Å²) in [7, 11) is 1.87. The number of nitrogens with two attached hydrogens (primary N) is 1. The van der Waals surface area contributed by atoms with Gasteiger partial charge in [-0.05, 0) is 66.8 Å². The third-order valence-electron chi connectivity index (χ3n) is 7.82. The van der Waals surface area contributed by atoms with Gasteiger partial charge in [0.05, 0.1) is 0 Å². The van der Waals surface area contributed by atoms with Crippen LogP contribution in [-0.2, 0) is 13.0 Å². The summed E-state index contributed by atoms with van der Waals surface area (Å²) in [6.45, 7) is 11.2. The van der Waals surface area contributed by atoms with E-state index in [0.717, 1.165) is 68.9 Å². The van der Waals surface area contributed by atoms with Gasteiger partial charge < -0.3 is 26.0 Å². The molecule has 4 rings (SSSR count). The molecule has 37 heavy (non-hydrogen) atoms. The summed E-state index contributed by atoms with van der Waals surface area (Å²) in [5.41, 5.74) is 10.7. The van der Waals surface area contributed by atoms with Gasteiger partial charge in [0, 0.05) is 45.0 Å². The predicted molar refractivity (Wildman–Crippen MR) is 155 cm³/mol. The molecule has 0 amide bonds. The van der Waals surface area contributed by atoms with Crippen molar-refractivity contribution in [1.29, 1.82) is 0 Å². The number of nitrogen functional groups attached to an aromatic ring is 1. The van der Waals surface area contributed by atoms with E-state index in [1.165, 1.54) is 21.9 Å². The molecule has 2 heterocycles. The fourth-order valence-electron chi connectivity index (χ4n) is 5.55. The molecule has 1 aliphatic heterocycles. The number of fused-ring (bicyclic) bond motifs is 1. The number of aryl methyl sites for hydroxylation is 1. The van der Waals surface area contributed by atoms with Gasteiger partial charge in [-0.3, -0.25) is 0 Å². The lowest BCUT2D eigenvalue weighted by Crippen LogP contribution is -2.31. The Bertz CT molecular complexity index is 1210. The normalized spacial score (nSPS) is 16.2. The monoisotopic (exact) mass is 502 g/mol. The van der Waals surface area contributed by atoms with Crippen molar-refractivity contribution in [2.45, 2.75) is 58.5 Å². The maximum atomic E-state index is 9.74. The zero-order valence-electron chi connectivity index (χ0n) is 22.6. The third kappa shape index (κ3) is 5.99. The molecule has 1 fully saturated rings. The van der Waals surface area contributed by atoms with Crippen molar-refractivity contribution in [3.63, 3.8) is 0 Å². The van der Waals surface area contributed by atoms with Crippen LogP contribution in [0.15, 0.2) is 55.0 Å². The number of aliphatic hydroxyl groups excluding tert-OH is 1. The van der Waals surface area contributed by atoms with Crippen LogP contribution in [0.3, 0.4) is 0 Å². The fraction of sp³-hybridized carbons (Fsp3) is 0.467. The molecular formula is C30H42N6O. The van der Waals surface area contributed by atoms with Crippen molar-refractivity contribution in [2.75, 3.05) is 42.7 Å². The highest BCUT2D eigenvalue weighted by Gasteiger charge is 2.28. The minimum absolute atomic E-state index is 0.204. The molecule has 4 N–H and O–H groups in total. The minimum atomic E-state index is 0.204.